The number of aliphatic hydroxyl groups is 1. The molecule has 20 heavy (non-hydrogen) atoms. The van der Waals surface area contributed by atoms with Gasteiger partial charge in [0.2, 0.25) is 15.9 Å². The molecule has 0 aromatic rings. The molecule has 2 rings (SSSR count). The molecule has 0 aromatic carbocycles. The van der Waals surface area contributed by atoms with Crippen LogP contribution in [0.2, 0.25) is 0 Å². The molecule has 0 bridgehead atoms. The first-order valence-electron chi connectivity index (χ1n) is 7.37. The summed E-state index contributed by atoms with van der Waals surface area (Å²) in [5.41, 5.74) is 0. The van der Waals surface area contributed by atoms with Gasteiger partial charge in [0.05, 0.1) is 11.9 Å². The number of rotatable bonds is 6. The lowest BCUT2D eigenvalue weighted by Crippen LogP contribution is -2.44. The third-order valence-electron chi connectivity index (χ3n) is 4.23. The van der Waals surface area contributed by atoms with E-state index in [9.17, 15) is 18.3 Å². The van der Waals surface area contributed by atoms with Crippen LogP contribution in [0.3, 0.4) is 0 Å². The molecule has 7 heteroatoms. The predicted molar refractivity (Wildman–Crippen MR) is 75.5 cm³/mol. The first-order valence-corrected chi connectivity index (χ1v) is 8.98. The maximum absolute atomic E-state index is 12.0. The van der Waals surface area contributed by atoms with Crippen molar-refractivity contribution < 1.29 is 18.3 Å². The van der Waals surface area contributed by atoms with Crippen molar-refractivity contribution in [2.24, 2.45) is 11.8 Å². The lowest BCUT2D eigenvalue weighted by molar-refractivity contribution is -0.126. The fraction of sp³-hybridized carbons (Fsp3) is 0.923. The van der Waals surface area contributed by atoms with Gasteiger partial charge in [-0.25, -0.2) is 12.7 Å². The van der Waals surface area contributed by atoms with Gasteiger partial charge in [0.15, 0.2) is 0 Å². The van der Waals surface area contributed by atoms with Gasteiger partial charge in [0, 0.05) is 25.6 Å². The van der Waals surface area contributed by atoms with Crippen molar-refractivity contribution in [3.8, 4) is 0 Å². The minimum atomic E-state index is -3.14. The molecule has 1 atom stereocenters. The fourth-order valence-corrected chi connectivity index (χ4v) is 3.71. The van der Waals surface area contributed by atoms with Crippen molar-refractivity contribution in [1.29, 1.82) is 0 Å². The normalized spacial score (nSPS) is 23.5. The highest BCUT2D eigenvalue weighted by Crippen LogP contribution is 2.32. The highest BCUT2D eigenvalue weighted by Gasteiger charge is 2.32. The van der Waals surface area contributed by atoms with Crippen molar-refractivity contribution in [1.82, 2.24) is 9.62 Å². The lowest BCUT2D eigenvalue weighted by atomic mass is 9.97. The summed E-state index contributed by atoms with van der Waals surface area (Å²) in [5, 5.41) is 12.5. The van der Waals surface area contributed by atoms with E-state index in [0.717, 1.165) is 12.8 Å². The smallest absolute Gasteiger partial charge is 0.223 e. The predicted octanol–water partition coefficient (Wildman–Crippen LogP) is -0.0648. The van der Waals surface area contributed by atoms with Crippen LogP contribution in [0.15, 0.2) is 0 Å². The number of carbonyl (C=O) groups excluding carboxylic acids is 1. The highest BCUT2D eigenvalue weighted by atomic mass is 32.2. The first kappa shape index (κ1) is 15.7. The van der Waals surface area contributed by atoms with Gasteiger partial charge < -0.3 is 10.4 Å². The zero-order valence-electron chi connectivity index (χ0n) is 11.9. The van der Waals surface area contributed by atoms with Crippen LogP contribution < -0.4 is 5.32 Å². The third-order valence-corrected chi connectivity index (χ3v) is 6.12. The number of nitrogens with one attached hydrogen (secondary N) is 1. The quantitative estimate of drug-likeness (QED) is 0.719. The van der Waals surface area contributed by atoms with E-state index in [-0.39, 0.29) is 17.6 Å². The maximum atomic E-state index is 12.0. The number of nitrogens with zero attached hydrogens (tertiary/aromatic N) is 1. The molecule has 1 aliphatic heterocycles. The van der Waals surface area contributed by atoms with Gasteiger partial charge in [-0.05, 0) is 38.5 Å². The topological polar surface area (TPSA) is 86.7 Å². The number of sulfonamides is 1. The average Bonchev–Trinajstić information content (AvgIpc) is 3.29. The second-order valence-electron chi connectivity index (χ2n) is 5.72. The molecule has 6 nitrogen and oxygen atoms in total. The Hall–Kier alpha value is -0.660. The highest BCUT2D eigenvalue weighted by molar-refractivity contribution is 7.89. The zero-order chi connectivity index (χ0) is 14.8. The second-order valence-corrected chi connectivity index (χ2v) is 7.98. The number of amides is 1. The summed E-state index contributed by atoms with van der Waals surface area (Å²) >= 11 is 0. The SMILES string of the molecule is CCS(=O)(=O)N1CCC(C(=O)NCC(O)C2CC2)CC1. The molecule has 0 aromatic heterocycles. The Bertz CT molecular complexity index is 439. The number of hydrogen-bond acceptors (Lipinski definition) is 4. The summed E-state index contributed by atoms with van der Waals surface area (Å²) in [6.07, 6.45) is 2.78. The van der Waals surface area contributed by atoms with Crippen LogP contribution in [0.5, 0.6) is 0 Å². The molecule has 116 valence electrons. The third kappa shape index (κ3) is 3.93. The minimum absolute atomic E-state index is 0.0572. The molecule has 0 radical (unpaired) electrons. The van der Waals surface area contributed by atoms with Gasteiger partial charge in [-0.3, -0.25) is 4.79 Å². The molecule has 1 amide bonds. The van der Waals surface area contributed by atoms with Crippen LogP contribution in [0.1, 0.15) is 32.6 Å². The van der Waals surface area contributed by atoms with Gasteiger partial charge in [-0.15, -0.1) is 0 Å². The molecule has 0 spiro atoms. The van der Waals surface area contributed by atoms with Crippen LogP contribution in [-0.2, 0) is 14.8 Å². The van der Waals surface area contributed by atoms with Gasteiger partial charge in [0.1, 0.15) is 0 Å². The van der Waals surface area contributed by atoms with Crippen LogP contribution in [0.25, 0.3) is 0 Å². The monoisotopic (exact) mass is 304 g/mol. The molecular formula is C13H24N2O4S. The van der Waals surface area contributed by atoms with Crippen molar-refractivity contribution in [3.05, 3.63) is 0 Å². The molecule has 2 fully saturated rings. The number of piperidine rings is 1. The number of hydrogen-bond donors (Lipinski definition) is 2. The molecular weight excluding hydrogens is 280 g/mol. The van der Waals surface area contributed by atoms with E-state index in [4.69, 9.17) is 0 Å². The Kier molecular flexibility index (Phi) is 5.04. The molecule has 2 N–H and O–H groups in total. The summed E-state index contributed by atoms with van der Waals surface area (Å²) in [6.45, 7) is 2.78. The summed E-state index contributed by atoms with van der Waals surface area (Å²) in [4.78, 5) is 12.0. The van der Waals surface area contributed by atoms with E-state index in [0.29, 0.717) is 38.4 Å². The molecule has 1 aliphatic carbocycles. The Morgan fingerprint density at radius 2 is 1.90 bits per heavy atom. The van der Waals surface area contributed by atoms with E-state index in [1.54, 1.807) is 6.92 Å². The standard InChI is InChI=1S/C13H24N2O4S/c1-2-20(18,19)15-7-5-11(6-8-15)13(17)14-9-12(16)10-3-4-10/h10-12,16H,2-9H2,1H3,(H,14,17). The largest absolute Gasteiger partial charge is 0.391 e. The number of carbonyl (C=O) groups is 1. The van der Waals surface area contributed by atoms with Crippen LogP contribution in [-0.4, -0.2) is 55.2 Å². The molecule has 1 saturated heterocycles. The fourth-order valence-electron chi connectivity index (χ4n) is 2.58. The van der Waals surface area contributed by atoms with Gasteiger partial charge in [-0.1, -0.05) is 0 Å². The van der Waals surface area contributed by atoms with E-state index >= 15 is 0 Å². The van der Waals surface area contributed by atoms with Crippen molar-refractivity contribution >= 4 is 15.9 Å². The van der Waals surface area contributed by atoms with E-state index < -0.39 is 16.1 Å². The van der Waals surface area contributed by atoms with Crippen molar-refractivity contribution in [3.63, 3.8) is 0 Å². The number of aliphatic hydroxyl groups excluding tert-OH is 1. The van der Waals surface area contributed by atoms with Crippen LogP contribution in [0, 0.1) is 11.8 Å². The Morgan fingerprint density at radius 3 is 2.40 bits per heavy atom. The Labute approximate surface area is 120 Å². The lowest BCUT2D eigenvalue weighted by Gasteiger charge is -2.30. The Balaban J connectivity index is 1.74. The molecule has 2 aliphatic rings. The molecule has 1 heterocycles. The average molecular weight is 304 g/mol. The van der Waals surface area contributed by atoms with Crippen LogP contribution >= 0.6 is 0 Å². The van der Waals surface area contributed by atoms with E-state index in [2.05, 4.69) is 5.32 Å². The summed E-state index contributed by atoms with van der Waals surface area (Å²) in [6, 6.07) is 0. The summed E-state index contributed by atoms with van der Waals surface area (Å²) < 4.78 is 24.9. The minimum Gasteiger partial charge on any atom is -0.391 e. The summed E-state index contributed by atoms with van der Waals surface area (Å²) in [7, 11) is -3.14. The summed E-state index contributed by atoms with van der Waals surface area (Å²) in [5.74, 6) is 0.270. The van der Waals surface area contributed by atoms with Gasteiger partial charge in [-0.2, -0.15) is 0 Å². The second kappa shape index (κ2) is 6.41. The Morgan fingerprint density at radius 1 is 1.30 bits per heavy atom. The van der Waals surface area contributed by atoms with Gasteiger partial charge in [0.25, 0.3) is 0 Å². The zero-order valence-corrected chi connectivity index (χ0v) is 12.7. The van der Waals surface area contributed by atoms with Crippen LogP contribution in [0.4, 0.5) is 0 Å². The van der Waals surface area contributed by atoms with Crippen molar-refractivity contribution in [2.45, 2.75) is 38.7 Å². The van der Waals surface area contributed by atoms with Crippen molar-refractivity contribution in [2.75, 3.05) is 25.4 Å². The maximum Gasteiger partial charge on any atom is 0.223 e. The van der Waals surface area contributed by atoms with Gasteiger partial charge >= 0.3 is 0 Å². The first-order chi connectivity index (χ1) is 9.44. The molecule has 1 saturated carbocycles. The molecule has 1 unspecified atom stereocenters. The van der Waals surface area contributed by atoms with E-state index in [1.807, 2.05) is 0 Å². The van der Waals surface area contributed by atoms with E-state index in [1.165, 1.54) is 4.31 Å².